The Morgan fingerprint density at radius 3 is 2.50 bits per heavy atom. The SMILES string of the molecule is COC(C)(C)CNC(C)C(=O)NC1CCCCC1. The van der Waals surface area contributed by atoms with Crippen LogP contribution in [0.4, 0.5) is 0 Å². The number of rotatable bonds is 6. The van der Waals surface area contributed by atoms with Crippen LogP contribution in [-0.2, 0) is 9.53 Å². The van der Waals surface area contributed by atoms with E-state index in [0.29, 0.717) is 12.6 Å². The topological polar surface area (TPSA) is 50.4 Å². The second-order valence-corrected chi connectivity index (χ2v) is 5.91. The van der Waals surface area contributed by atoms with Crippen LogP contribution in [-0.4, -0.2) is 37.2 Å². The number of nitrogens with one attached hydrogen (secondary N) is 2. The number of ether oxygens (including phenoxy) is 1. The summed E-state index contributed by atoms with van der Waals surface area (Å²) in [5.41, 5.74) is -0.237. The van der Waals surface area contributed by atoms with Crippen molar-refractivity contribution < 1.29 is 9.53 Å². The van der Waals surface area contributed by atoms with Gasteiger partial charge in [0.05, 0.1) is 11.6 Å². The standard InChI is InChI=1S/C14H28N2O2/c1-11(15-10-14(2,3)18-4)13(17)16-12-8-6-5-7-9-12/h11-12,15H,5-10H2,1-4H3,(H,16,17). The first-order chi connectivity index (χ1) is 8.44. The van der Waals surface area contributed by atoms with Gasteiger partial charge >= 0.3 is 0 Å². The molecule has 1 aliphatic carbocycles. The monoisotopic (exact) mass is 256 g/mol. The Balaban J connectivity index is 2.27. The Kier molecular flexibility index (Phi) is 6.09. The molecule has 1 saturated carbocycles. The lowest BCUT2D eigenvalue weighted by Gasteiger charge is -2.27. The molecule has 1 rings (SSSR count). The quantitative estimate of drug-likeness (QED) is 0.762. The molecule has 0 bridgehead atoms. The normalized spacial score (nSPS) is 19.6. The molecule has 0 aromatic heterocycles. The largest absolute Gasteiger partial charge is 0.377 e. The van der Waals surface area contributed by atoms with E-state index in [-0.39, 0.29) is 17.6 Å². The summed E-state index contributed by atoms with van der Waals surface area (Å²) < 4.78 is 5.32. The predicted molar refractivity (Wildman–Crippen MR) is 73.6 cm³/mol. The van der Waals surface area contributed by atoms with Crippen LogP contribution < -0.4 is 10.6 Å². The lowest BCUT2D eigenvalue weighted by molar-refractivity contribution is -0.123. The highest BCUT2D eigenvalue weighted by Crippen LogP contribution is 2.17. The molecular weight excluding hydrogens is 228 g/mol. The number of hydrogen-bond donors (Lipinski definition) is 2. The minimum absolute atomic E-state index is 0.105. The van der Waals surface area contributed by atoms with Crippen molar-refractivity contribution >= 4 is 5.91 Å². The molecule has 1 atom stereocenters. The maximum Gasteiger partial charge on any atom is 0.237 e. The zero-order chi connectivity index (χ0) is 13.6. The zero-order valence-corrected chi connectivity index (χ0v) is 12.2. The third kappa shape index (κ3) is 5.36. The molecule has 18 heavy (non-hydrogen) atoms. The van der Waals surface area contributed by atoms with Gasteiger partial charge in [0.1, 0.15) is 0 Å². The van der Waals surface area contributed by atoms with E-state index in [9.17, 15) is 4.79 Å². The Bertz CT molecular complexity index is 261. The van der Waals surface area contributed by atoms with Crippen LogP contribution in [0.3, 0.4) is 0 Å². The third-order valence-electron chi connectivity index (χ3n) is 3.73. The molecule has 0 heterocycles. The minimum Gasteiger partial charge on any atom is -0.377 e. The van der Waals surface area contributed by atoms with Crippen molar-refractivity contribution in [1.29, 1.82) is 0 Å². The first-order valence-electron chi connectivity index (χ1n) is 7.03. The fraction of sp³-hybridized carbons (Fsp3) is 0.929. The number of hydrogen-bond acceptors (Lipinski definition) is 3. The highest BCUT2D eigenvalue weighted by Gasteiger charge is 2.22. The van der Waals surface area contributed by atoms with Gasteiger partial charge in [0.2, 0.25) is 5.91 Å². The van der Waals surface area contributed by atoms with Crippen LogP contribution in [0.2, 0.25) is 0 Å². The number of methoxy groups -OCH3 is 1. The second kappa shape index (κ2) is 7.10. The number of carbonyl (C=O) groups excluding carboxylic acids is 1. The van der Waals surface area contributed by atoms with E-state index in [1.54, 1.807) is 7.11 Å². The summed E-state index contributed by atoms with van der Waals surface area (Å²) in [6, 6.07) is 0.215. The Morgan fingerprint density at radius 1 is 1.33 bits per heavy atom. The molecule has 0 aliphatic heterocycles. The second-order valence-electron chi connectivity index (χ2n) is 5.91. The Hall–Kier alpha value is -0.610. The van der Waals surface area contributed by atoms with Gasteiger partial charge in [-0.25, -0.2) is 0 Å². The van der Waals surface area contributed by atoms with Gasteiger partial charge in [-0.2, -0.15) is 0 Å². The van der Waals surface area contributed by atoms with Crippen LogP contribution in [0.1, 0.15) is 52.9 Å². The van der Waals surface area contributed by atoms with Crippen LogP contribution in [0.5, 0.6) is 0 Å². The fourth-order valence-electron chi connectivity index (χ4n) is 2.14. The molecule has 1 fully saturated rings. The first kappa shape index (κ1) is 15.4. The number of amides is 1. The third-order valence-corrected chi connectivity index (χ3v) is 3.73. The van der Waals surface area contributed by atoms with Crippen molar-refractivity contribution in [2.24, 2.45) is 0 Å². The average molecular weight is 256 g/mol. The van der Waals surface area contributed by atoms with E-state index in [4.69, 9.17) is 4.74 Å². The summed E-state index contributed by atoms with van der Waals surface area (Å²) in [4.78, 5) is 12.0. The van der Waals surface area contributed by atoms with Gasteiger partial charge in [0, 0.05) is 19.7 Å². The molecule has 0 spiro atoms. The summed E-state index contributed by atoms with van der Waals surface area (Å²) in [6.07, 6.45) is 6.04. The summed E-state index contributed by atoms with van der Waals surface area (Å²) in [7, 11) is 1.69. The smallest absolute Gasteiger partial charge is 0.237 e. The van der Waals surface area contributed by atoms with E-state index < -0.39 is 0 Å². The zero-order valence-electron chi connectivity index (χ0n) is 12.2. The Labute approximate surface area is 111 Å². The summed E-state index contributed by atoms with van der Waals surface area (Å²) in [6.45, 7) is 6.59. The van der Waals surface area contributed by atoms with E-state index in [0.717, 1.165) is 12.8 Å². The maximum atomic E-state index is 12.0. The fourth-order valence-corrected chi connectivity index (χ4v) is 2.14. The maximum absolute atomic E-state index is 12.0. The lowest BCUT2D eigenvalue weighted by Crippen LogP contribution is -2.50. The van der Waals surface area contributed by atoms with Gasteiger partial charge in [-0.15, -0.1) is 0 Å². The molecular formula is C14H28N2O2. The lowest BCUT2D eigenvalue weighted by atomic mass is 9.95. The van der Waals surface area contributed by atoms with Gasteiger partial charge in [0.25, 0.3) is 0 Å². The van der Waals surface area contributed by atoms with Gasteiger partial charge < -0.3 is 15.4 Å². The summed E-state index contributed by atoms with van der Waals surface area (Å²) >= 11 is 0. The molecule has 2 N–H and O–H groups in total. The van der Waals surface area contributed by atoms with Crippen LogP contribution in [0, 0.1) is 0 Å². The number of carbonyl (C=O) groups is 1. The van der Waals surface area contributed by atoms with Crippen LogP contribution in [0.25, 0.3) is 0 Å². The molecule has 4 nitrogen and oxygen atoms in total. The molecule has 0 aromatic rings. The molecule has 1 aliphatic rings. The van der Waals surface area contributed by atoms with E-state index in [1.807, 2.05) is 20.8 Å². The molecule has 1 amide bonds. The van der Waals surface area contributed by atoms with Gasteiger partial charge in [-0.05, 0) is 33.6 Å². The van der Waals surface area contributed by atoms with Gasteiger partial charge in [-0.1, -0.05) is 19.3 Å². The van der Waals surface area contributed by atoms with Crippen molar-refractivity contribution in [3.05, 3.63) is 0 Å². The minimum atomic E-state index is -0.237. The van der Waals surface area contributed by atoms with Gasteiger partial charge in [-0.3, -0.25) is 4.79 Å². The summed E-state index contributed by atoms with van der Waals surface area (Å²) in [5, 5.41) is 6.36. The van der Waals surface area contributed by atoms with Crippen molar-refractivity contribution in [1.82, 2.24) is 10.6 Å². The van der Waals surface area contributed by atoms with Crippen molar-refractivity contribution in [2.45, 2.75) is 70.6 Å². The van der Waals surface area contributed by atoms with Crippen molar-refractivity contribution in [3.8, 4) is 0 Å². The molecule has 0 aromatic carbocycles. The van der Waals surface area contributed by atoms with Crippen LogP contribution >= 0.6 is 0 Å². The van der Waals surface area contributed by atoms with E-state index in [1.165, 1.54) is 19.3 Å². The van der Waals surface area contributed by atoms with Gasteiger partial charge in [0.15, 0.2) is 0 Å². The molecule has 0 radical (unpaired) electrons. The Morgan fingerprint density at radius 2 is 1.94 bits per heavy atom. The molecule has 0 saturated heterocycles. The predicted octanol–water partition coefficient (Wildman–Crippen LogP) is 1.84. The molecule has 106 valence electrons. The van der Waals surface area contributed by atoms with Crippen molar-refractivity contribution in [2.75, 3.05) is 13.7 Å². The first-order valence-corrected chi connectivity index (χ1v) is 7.03. The highest BCUT2D eigenvalue weighted by molar-refractivity contribution is 5.81. The van der Waals surface area contributed by atoms with E-state index >= 15 is 0 Å². The van der Waals surface area contributed by atoms with E-state index in [2.05, 4.69) is 10.6 Å². The molecule has 1 unspecified atom stereocenters. The average Bonchev–Trinajstić information content (AvgIpc) is 2.37. The molecule has 4 heteroatoms. The van der Waals surface area contributed by atoms with Crippen LogP contribution in [0.15, 0.2) is 0 Å². The van der Waals surface area contributed by atoms with Crippen molar-refractivity contribution in [3.63, 3.8) is 0 Å². The highest BCUT2D eigenvalue weighted by atomic mass is 16.5. The summed E-state index contributed by atoms with van der Waals surface area (Å²) in [5.74, 6) is 0.105.